The second-order valence-electron chi connectivity index (χ2n) is 5.94. The monoisotopic (exact) mass is 316 g/mol. The van der Waals surface area contributed by atoms with Crippen LogP contribution in [0.15, 0.2) is 18.2 Å². The fraction of sp³-hybridized carbons (Fsp3) is 0.625. The largest absolute Gasteiger partial charge is 0.314 e. The summed E-state index contributed by atoms with van der Waals surface area (Å²) in [6.07, 6.45) is 4.78. The van der Waals surface area contributed by atoms with Crippen molar-refractivity contribution in [3.63, 3.8) is 0 Å². The lowest BCUT2D eigenvalue weighted by Gasteiger charge is -2.38. The van der Waals surface area contributed by atoms with Crippen LogP contribution in [0.1, 0.15) is 37.3 Å². The molecule has 1 saturated carbocycles. The Morgan fingerprint density at radius 1 is 1.10 bits per heavy atom. The van der Waals surface area contributed by atoms with Gasteiger partial charge >= 0.3 is 0 Å². The van der Waals surface area contributed by atoms with Crippen LogP contribution in [0.3, 0.4) is 0 Å². The normalized spacial score (nSPS) is 22.0. The molecule has 21 heavy (non-hydrogen) atoms. The summed E-state index contributed by atoms with van der Waals surface area (Å²) < 4.78 is 27.4. The van der Waals surface area contributed by atoms with E-state index in [2.05, 4.69) is 10.2 Å². The summed E-state index contributed by atoms with van der Waals surface area (Å²) in [7, 11) is 0. The van der Waals surface area contributed by atoms with Crippen LogP contribution in [-0.2, 0) is 0 Å². The van der Waals surface area contributed by atoms with Crippen molar-refractivity contribution in [2.75, 3.05) is 26.2 Å². The van der Waals surface area contributed by atoms with Crippen molar-refractivity contribution in [2.24, 2.45) is 5.92 Å². The quantitative estimate of drug-likeness (QED) is 0.918. The second-order valence-corrected chi connectivity index (χ2v) is 5.94. The van der Waals surface area contributed by atoms with Crippen molar-refractivity contribution in [1.82, 2.24) is 10.2 Å². The first-order chi connectivity index (χ1) is 9.75. The maximum atomic E-state index is 14.2. The average molecular weight is 317 g/mol. The number of nitrogens with zero attached hydrogens (tertiary/aromatic N) is 1. The molecule has 1 aromatic rings. The zero-order valence-electron chi connectivity index (χ0n) is 12.2. The van der Waals surface area contributed by atoms with E-state index in [0.29, 0.717) is 11.5 Å². The van der Waals surface area contributed by atoms with E-state index in [-0.39, 0.29) is 24.3 Å². The van der Waals surface area contributed by atoms with Crippen molar-refractivity contribution in [2.45, 2.75) is 31.7 Å². The van der Waals surface area contributed by atoms with E-state index in [4.69, 9.17) is 0 Å². The summed E-state index contributed by atoms with van der Waals surface area (Å²) in [6, 6.07) is 4.18. The molecule has 0 spiro atoms. The maximum absolute atomic E-state index is 14.2. The Bertz CT molecular complexity index is 458. The van der Waals surface area contributed by atoms with Crippen LogP contribution in [0.4, 0.5) is 8.78 Å². The SMILES string of the molecule is Cl.Fc1ccc([C@H](C2CCCC2)N2CCNCC2)c(F)c1. The standard InChI is InChI=1S/C16H22F2N2.ClH/c17-13-5-6-14(15(18)11-13)16(12-3-1-2-4-12)20-9-7-19-8-10-20;/h5-6,11-12,16,19H,1-4,7-10H2;1H/t16-;/m0./s1. The summed E-state index contributed by atoms with van der Waals surface area (Å²) in [5.74, 6) is -0.370. The molecule has 5 heteroatoms. The van der Waals surface area contributed by atoms with Gasteiger partial charge in [0.1, 0.15) is 11.6 Å². The highest BCUT2D eigenvalue weighted by Crippen LogP contribution is 2.40. The molecule has 118 valence electrons. The number of rotatable bonds is 3. The van der Waals surface area contributed by atoms with Crippen LogP contribution in [0.5, 0.6) is 0 Å². The molecule has 0 amide bonds. The van der Waals surface area contributed by atoms with Crippen LogP contribution in [-0.4, -0.2) is 31.1 Å². The highest BCUT2D eigenvalue weighted by atomic mass is 35.5. The number of halogens is 3. The predicted molar refractivity (Wildman–Crippen MR) is 82.7 cm³/mol. The lowest BCUT2D eigenvalue weighted by molar-refractivity contribution is 0.122. The summed E-state index contributed by atoms with van der Waals surface area (Å²) >= 11 is 0. The molecule has 0 bridgehead atoms. The first-order valence-corrected chi connectivity index (χ1v) is 7.65. The minimum atomic E-state index is -0.489. The van der Waals surface area contributed by atoms with Crippen molar-refractivity contribution in [1.29, 1.82) is 0 Å². The molecule has 1 aliphatic carbocycles. The van der Waals surface area contributed by atoms with Gasteiger partial charge in [-0.2, -0.15) is 0 Å². The molecule has 1 aliphatic heterocycles. The molecule has 3 rings (SSSR count). The molecule has 2 fully saturated rings. The Labute approximate surface area is 131 Å². The molecular formula is C16H23ClF2N2. The van der Waals surface area contributed by atoms with Gasteiger partial charge in [-0.1, -0.05) is 18.9 Å². The number of benzene rings is 1. The third-order valence-corrected chi connectivity index (χ3v) is 4.67. The molecule has 1 heterocycles. The van der Waals surface area contributed by atoms with Crippen LogP contribution in [0.25, 0.3) is 0 Å². The van der Waals surface area contributed by atoms with E-state index in [1.54, 1.807) is 6.07 Å². The third kappa shape index (κ3) is 3.74. The fourth-order valence-corrected chi connectivity index (χ4v) is 3.72. The van der Waals surface area contributed by atoms with Gasteiger partial charge in [0.05, 0.1) is 0 Å². The smallest absolute Gasteiger partial charge is 0.130 e. The van der Waals surface area contributed by atoms with Crippen molar-refractivity contribution in [3.8, 4) is 0 Å². The minimum absolute atomic E-state index is 0. The molecule has 0 radical (unpaired) electrons. The van der Waals surface area contributed by atoms with Gasteiger partial charge in [0.15, 0.2) is 0 Å². The van der Waals surface area contributed by atoms with E-state index >= 15 is 0 Å². The van der Waals surface area contributed by atoms with E-state index in [0.717, 1.165) is 45.1 Å². The Morgan fingerprint density at radius 2 is 1.76 bits per heavy atom. The molecule has 1 N–H and O–H groups in total. The summed E-state index contributed by atoms with van der Waals surface area (Å²) in [6.45, 7) is 3.79. The highest BCUT2D eigenvalue weighted by Gasteiger charge is 2.33. The summed E-state index contributed by atoms with van der Waals surface area (Å²) in [4.78, 5) is 2.38. The van der Waals surface area contributed by atoms with Gasteiger partial charge in [0.25, 0.3) is 0 Å². The van der Waals surface area contributed by atoms with Crippen molar-refractivity contribution in [3.05, 3.63) is 35.4 Å². The van der Waals surface area contributed by atoms with Crippen molar-refractivity contribution < 1.29 is 8.78 Å². The number of piperazine rings is 1. The maximum Gasteiger partial charge on any atom is 0.130 e. The molecule has 0 aromatic heterocycles. The Kier molecular flexibility index (Phi) is 5.97. The molecule has 1 saturated heterocycles. The van der Waals surface area contributed by atoms with Gasteiger partial charge in [0, 0.05) is 43.9 Å². The Balaban J connectivity index is 0.00000161. The van der Waals surface area contributed by atoms with E-state index in [9.17, 15) is 8.78 Å². The lowest BCUT2D eigenvalue weighted by Crippen LogP contribution is -2.46. The number of nitrogens with one attached hydrogen (secondary N) is 1. The summed E-state index contributed by atoms with van der Waals surface area (Å²) in [5.41, 5.74) is 0.681. The number of hydrogen-bond acceptors (Lipinski definition) is 2. The first kappa shape index (κ1) is 16.7. The molecule has 2 nitrogen and oxygen atoms in total. The van der Waals surface area contributed by atoms with E-state index in [1.807, 2.05) is 0 Å². The fourth-order valence-electron chi connectivity index (χ4n) is 3.72. The topological polar surface area (TPSA) is 15.3 Å². The first-order valence-electron chi connectivity index (χ1n) is 7.65. The van der Waals surface area contributed by atoms with Gasteiger partial charge < -0.3 is 5.32 Å². The van der Waals surface area contributed by atoms with Gasteiger partial charge in [-0.05, 0) is 24.8 Å². The third-order valence-electron chi connectivity index (χ3n) is 4.67. The van der Waals surface area contributed by atoms with Gasteiger partial charge in [-0.15, -0.1) is 12.4 Å². The van der Waals surface area contributed by atoms with Crippen LogP contribution >= 0.6 is 12.4 Å². The molecule has 0 unspecified atom stereocenters. The molecule has 1 atom stereocenters. The second kappa shape index (κ2) is 7.52. The van der Waals surface area contributed by atoms with Gasteiger partial charge in [-0.3, -0.25) is 4.90 Å². The van der Waals surface area contributed by atoms with Crippen LogP contribution in [0.2, 0.25) is 0 Å². The van der Waals surface area contributed by atoms with Crippen molar-refractivity contribution >= 4 is 12.4 Å². The Morgan fingerprint density at radius 3 is 2.38 bits per heavy atom. The average Bonchev–Trinajstić information content (AvgIpc) is 2.97. The number of hydrogen-bond donors (Lipinski definition) is 1. The van der Waals surface area contributed by atoms with E-state index < -0.39 is 5.82 Å². The van der Waals surface area contributed by atoms with Crippen LogP contribution < -0.4 is 5.32 Å². The zero-order valence-corrected chi connectivity index (χ0v) is 13.0. The summed E-state index contributed by atoms with van der Waals surface area (Å²) in [5, 5.41) is 3.34. The zero-order chi connectivity index (χ0) is 13.9. The molecule has 2 aliphatic rings. The molecular weight excluding hydrogens is 294 g/mol. The van der Waals surface area contributed by atoms with E-state index in [1.165, 1.54) is 18.9 Å². The molecule has 1 aromatic carbocycles. The van der Waals surface area contributed by atoms with Gasteiger partial charge in [-0.25, -0.2) is 8.78 Å². The van der Waals surface area contributed by atoms with Crippen LogP contribution in [0, 0.1) is 17.6 Å². The lowest BCUT2D eigenvalue weighted by atomic mass is 9.89. The van der Waals surface area contributed by atoms with Gasteiger partial charge in [0.2, 0.25) is 0 Å². The minimum Gasteiger partial charge on any atom is -0.314 e. The highest BCUT2D eigenvalue weighted by molar-refractivity contribution is 5.85. The Hall–Kier alpha value is -0.710. The predicted octanol–water partition coefficient (Wildman–Crippen LogP) is 3.52.